The summed E-state index contributed by atoms with van der Waals surface area (Å²) in [7, 11) is 1.71. The molecule has 2 aromatic carbocycles. The molecule has 0 amide bonds. The summed E-state index contributed by atoms with van der Waals surface area (Å²) in [6, 6.07) is 17.4. The number of halogens is 2. The summed E-state index contributed by atoms with van der Waals surface area (Å²) in [5.41, 5.74) is 3.34. The zero-order valence-electron chi connectivity index (χ0n) is 20.0. The van der Waals surface area contributed by atoms with Gasteiger partial charge in [0, 0.05) is 37.3 Å². The molecule has 10 heteroatoms. The van der Waals surface area contributed by atoms with Crippen molar-refractivity contribution < 1.29 is 4.74 Å². The summed E-state index contributed by atoms with van der Waals surface area (Å²) >= 11 is 0. The highest BCUT2D eigenvalue weighted by Crippen LogP contribution is 2.27. The Morgan fingerprint density at radius 2 is 1.88 bits per heavy atom. The van der Waals surface area contributed by atoms with Gasteiger partial charge < -0.3 is 20.3 Å². The molecule has 3 aromatic rings. The van der Waals surface area contributed by atoms with Crippen LogP contribution in [0, 0.1) is 0 Å². The minimum Gasteiger partial charge on any atom is -0.496 e. The number of piperidine rings is 1. The van der Waals surface area contributed by atoms with E-state index in [1.165, 1.54) is 5.56 Å². The van der Waals surface area contributed by atoms with Crippen LogP contribution in [-0.4, -0.2) is 53.0 Å². The first kappa shape index (κ1) is 27.9. The van der Waals surface area contributed by atoms with Gasteiger partial charge in [-0.1, -0.05) is 35.4 Å². The lowest BCUT2D eigenvalue weighted by molar-refractivity contribution is 0.303. The van der Waals surface area contributed by atoms with E-state index in [4.69, 9.17) is 4.74 Å². The Labute approximate surface area is 214 Å². The Hall–Kier alpha value is -2.39. The Balaban J connectivity index is 0.00000204. The summed E-state index contributed by atoms with van der Waals surface area (Å²) in [5, 5.41) is 19.9. The predicted molar refractivity (Wildman–Crippen MR) is 141 cm³/mol. The molecule has 0 spiro atoms. The van der Waals surface area contributed by atoms with Crippen molar-refractivity contribution in [2.75, 3.05) is 31.6 Å². The van der Waals surface area contributed by atoms with Gasteiger partial charge in [-0.2, -0.15) is 4.68 Å². The fraction of sp³-hybridized carbons (Fsp3) is 0.458. The number of nitrogens with zero attached hydrogens (tertiary/aromatic N) is 5. The van der Waals surface area contributed by atoms with Crippen LogP contribution in [0.1, 0.15) is 43.9 Å². The molecule has 0 radical (unpaired) electrons. The van der Waals surface area contributed by atoms with E-state index in [0.717, 1.165) is 55.4 Å². The third-order valence-electron chi connectivity index (χ3n) is 6.18. The average Bonchev–Trinajstić information content (AvgIpc) is 3.34. The summed E-state index contributed by atoms with van der Waals surface area (Å²) < 4.78 is 7.46. The number of methoxy groups -OCH3 is 1. The molecular formula is C24H35Cl2N7O. The smallest absolute Gasteiger partial charge is 0.250 e. The summed E-state index contributed by atoms with van der Waals surface area (Å²) in [5.74, 6) is 1.61. The second-order valence-corrected chi connectivity index (χ2v) is 8.03. The second kappa shape index (κ2) is 13.5. The van der Waals surface area contributed by atoms with Crippen LogP contribution >= 0.6 is 24.8 Å². The van der Waals surface area contributed by atoms with E-state index in [1.54, 1.807) is 11.8 Å². The largest absolute Gasteiger partial charge is 0.496 e. The molecule has 2 heterocycles. The lowest BCUT2D eigenvalue weighted by atomic mass is 9.92. The number of nitrogens with one attached hydrogen (secondary N) is 2. The van der Waals surface area contributed by atoms with E-state index in [-0.39, 0.29) is 24.8 Å². The third kappa shape index (κ3) is 6.18. The molecule has 34 heavy (non-hydrogen) atoms. The van der Waals surface area contributed by atoms with Gasteiger partial charge in [-0.15, -0.1) is 24.8 Å². The Bertz CT molecular complexity index is 998. The van der Waals surface area contributed by atoms with Crippen molar-refractivity contribution in [1.82, 2.24) is 30.8 Å². The summed E-state index contributed by atoms with van der Waals surface area (Å²) in [6.07, 6.45) is 2.30. The van der Waals surface area contributed by atoms with Crippen molar-refractivity contribution in [3.8, 4) is 11.4 Å². The van der Waals surface area contributed by atoms with Gasteiger partial charge in [0.25, 0.3) is 0 Å². The van der Waals surface area contributed by atoms with Crippen LogP contribution in [0.3, 0.4) is 0 Å². The first-order chi connectivity index (χ1) is 15.7. The lowest BCUT2D eigenvalue weighted by Crippen LogP contribution is -2.45. The molecule has 2 atom stereocenters. The molecule has 4 rings (SSSR count). The van der Waals surface area contributed by atoms with Gasteiger partial charge in [0.1, 0.15) is 5.75 Å². The van der Waals surface area contributed by atoms with E-state index in [0.29, 0.717) is 18.6 Å². The van der Waals surface area contributed by atoms with Gasteiger partial charge in [-0.05, 0) is 67.4 Å². The monoisotopic (exact) mass is 507 g/mol. The number of tetrazole rings is 1. The van der Waals surface area contributed by atoms with Crippen molar-refractivity contribution in [2.24, 2.45) is 0 Å². The zero-order valence-corrected chi connectivity index (χ0v) is 21.6. The van der Waals surface area contributed by atoms with Crippen LogP contribution in [0.4, 0.5) is 5.95 Å². The Morgan fingerprint density at radius 3 is 2.59 bits per heavy atom. The highest BCUT2D eigenvalue weighted by atomic mass is 35.5. The number of benzene rings is 2. The maximum atomic E-state index is 5.66. The fourth-order valence-electron chi connectivity index (χ4n) is 4.45. The average molecular weight is 508 g/mol. The second-order valence-electron chi connectivity index (χ2n) is 8.03. The maximum Gasteiger partial charge on any atom is 0.250 e. The van der Waals surface area contributed by atoms with E-state index in [1.807, 2.05) is 12.1 Å². The molecule has 1 saturated heterocycles. The molecule has 1 aromatic heterocycles. The highest BCUT2D eigenvalue weighted by molar-refractivity contribution is 5.85. The number of hydrogen-bond donors (Lipinski definition) is 2. The molecule has 186 valence electrons. The highest BCUT2D eigenvalue weighted by Gasteiger charge is 2.26. The van der Waals surface area contributed by atoms with Gasteiger partial charge in [-0.3, -0.25) is 0 Å². The molecule has 0 unspecified atom stereocenters. The fourth-order valence-corrected chi connectivity index (χ4v) is 4.45. The van der Waals surface area contributed by atoms with Crippen LogP contribution in [0.5, 0.6) is 5.75 Å². The quantitative estimate of drug-likeness (QED) is 0.453. The summed E-state index contributed by atoms with van der Waals surface area (Å²) in [6.45, 7) is 7.65. The minimum atomic E-state index is 0. The standard InChI is InChI=1S/C24H33N7O.2ClH/c1-4-30(5-2)24-27-28-29-31(24)20-13-14-22(32-3)19(16-20)17-26-21-12-9-15-25-23(21)18-10-7-6-8-11-18;;/h6-8,10-11,13-14,16,21,23,25-26H,4-5,9,12,15,17H2,1-3H3;2*1H/t21-,23-;;/m0../s1. The van der Waals surface area contributed by atoms with E-state index < -0.39 is 0 Å². The first-order valence-electron chi connectivity index (χ1n) is 11.5. The normalized spacial score (nSPS) is 17.4. The number of anilines is 1. The van der Waals surface area contributed by atoms with Gasteiger partial charge >= 0.3 is 0 Å². The number of rotatable bonds is 9. The SMILES string of the molecule is CCN(CC)c1nnnn1-c1ccc(OC)c(CN[C@H]2CCCN[C@H]2c2ccccc2)c1.Cl.Cl. The maximum absolute atomic E-state index is 5.66. The zero-order chi connectivity index (χ0) is 22.3. The number of ether oxygens (including phenoxy) is 1. The Morgan fingerprint density at radius 1 is 1.12 bits per heavy atom. The van der Waals surface area contributed by atoms with Crippen molar-refractivity contribution in [3.05, 3.63) is 59.7 Å². The van der Waals surface area contributed by atoms with Gasteiger partial charge in [0.2, 0.25) is 5.95 Å². The number of hydrogen-bond acceptors (Lipinski definition) is 7. The van der Waals surface area contributed by atoms with Crippen LogP contribution < -0.4 is 20.3 Å². The van der Waals surface area contributed by atoms with Gasteiger partial charge in [0.15, 0.2) is 0 Å². The van der Waals surface area contributed by atoms with Crippen LogP contribution in [-0.2, 0) is 6.54 Å². The van der Waals surface area contributed by atoms with E-state index in [2.05, 4.69) is 81.3 Å². The summed E-state index contributed by atoms with van der Waals surface area (Å²) in [4.78, 5) is 2.14. The topological polar surface area (TPSA) is 80.1 Å². The van der Waals surface area contributed by atoms with Crippen molar-refractivity contribution >= 4 is 30.8 Å². The van der Waals surface area contributed by atoms with Crippen molar-refractivity contribution in [3.63, 3.8) is 0 Å². The molecular weight excluding hydrogens is 473 g/mol. The van der Waals surface area contributed by atoms with Gasteiger partial charge in [-0.25, -0.2) is 0 Å². The van der Waals surface area contributed by atoms with Crippen molar-refractivity contribution in [2.45, 2.75) is 45.3 Å². The molecule has 2 N–H and O–H groups in total. The molecule has 0 aliphatic carbocycles. The first-order valence-corrected chi connectivity index (χ1v) is 11.5. The number of aromatic nitrogens is 4. The minimum absolute atomic E-state index is 0. The molecule has 1 fully saturated rings. The van der Waals surface area contributed by atoms with Crippen molar-refractivity contribution in [1.29, 1.82) is 0 Å². The predicted octanol–water partition coefficient (Wildman–Crippen LogP) is 3.94. The van der Waals surface area contributed by atoms with E-state index in [9.17, 15) is 0 Å². The van der Waals surface area contributed by atoms with Crippen LogP contribution in [0.25, 0.3) is 5.69 Å². The molecule has 0 saturated carbocycles. The Kier molecular flexibility index (Phi) is 11.0. The lowest BCUT2D eigenvalue weighted by Gasteiger charge is -2.34. The third-order valence-corrected chi connectivity index (χ3v) is 6.18. The van der Waals surface area contributed by atoms with E-state index >= 15 is 0 Å². The van der Waals surface area contributed by atoms with Crippen LogP contribution in [0.2, 0.25) is 0 Å². The molecule has 1 aliphatic rings. The van der Waals surface area contributed by atoms with Gasteiger partial charge in [0.05, 0.1) is 12.8 Å². The molecule has 1 aliphatic heterocycles. The molecule has 0 bridgehead atoms. The van der Waals surface area contributed by atoms with Crippen LogP contribution in [0.15, 0.2) is 48.5 Å². The molecule has 8 nitrogen and oxygen atoms in total.